The average molecular weight is 407 g/mol. The minimum absolute atomic E-state index is 0.0201. The van der Waals surface area contributed by atoms with Gasteiger partial charge in [-0.3, -0.25) is 4.79 Å². The van der Waals surface area contributed by atoms with Crippen LogP contribution in [0.15, 0.2) is 78.9 Å². The molecule has 0 fully saturated rings. The summed E-state index contributed by atoms with van der Waals surface area (Å²) in [4.78, 5) is 12.2. The van der Waals surface area contributed by atoms with Crippen LogP contribution >= 0.6 is 0 Å². The van der Waals surface area contributed by atoms with Gasteiger partial charge in [0.25, 0.3) is 5.91 Å². The van der Waals surface area contributed by atoms with E-state index in [2.05, 4.69) is 5.32 Å². The highest BCUT2D eigenvalue weighted by Gasteiger charge is 2.21. The zero-order valence-corrected chi connectivity index (χ0v) is 16.9. The number of carbonyl (C=O) groups is 1. The van der Waals surface area contributed by atoms with Gasteiger partial charge in [-0.15, -0.1) is 0 Å². The molecule has 0 aliphatic heterocycles. The van der Waals surface area contributed by atoms with Crippen molar-refractivity contribution in [1.82, 2.24) is 5.32 Å². The minimum atomic E-state index is -1.52. The van der Waals surface area contributed by atoms with Crippen LogP contribution in [-0.4, -0.2) is 17.1 Å². The molecule has 0 aromatic heterocycles. The molecule has 3 aromatic rings. The Morgan fingerprint density at radius 2 is 1.63 bits per heavy atom. The zero-order chi connectivity index (χ0) is 21.3. The van der Waals surface area contributed by atoms with Crippen molar-refractivity contribution < 1.29 is 19.0 Å². The second kappa shape index (κ2) is 10.6. The van der Waals surface area contributed by atoms with E-state index in [0.29, 0.717) is 13.0 Å². The van der Waals surface area contributed by atoms with E-state index in [-0.39, 0.29) is 11.6 Å². The molecular weight excluding hydrogens is 381 g/mol. The first kappa shape index (κ1) is 21.5. The monoisotopic (exact) mass is 407 g/mol. The molecule has 0 bridgehead atoms. The van der Waals surface area contributed by atoms with Crippen LogP contribution in [0.4, 0.5) is 4.39 Å². The van der Waals surface area contributed by atoms with E-state index in [9.17, 15) is 14.3 Å². The first-order valence-corrected chi connectivity index (χ1v) is 10.0. The lowest BCUT2D eigenvalue weighted by molar-refractivity contribution is -0.130. The van der Waals surface area contributed by atoms with Crippen LogP contribution in [0.1, 0.15) is 36.1 Å². The van der Waals surface area contributed by atoms with Crippen LogP contribution in [0.3, 0.4) is 0 Å². The molecule has 0 heterocycles. The van der Waals surface area contributed by atoms with Crippen LogP contribution < -0.4 is 10.1 Å². The third-order valence-electron chi connectivity index (χ3n) is 4.87. The molecule has 0 spiro atoms. The number of carbonyl (C=O) groups excluding carboxylic acids is 1. The Hall–Kier alpha value is -3.18. The lowest BCUT2D eigenvalue weighted by Gasteiger charge is -2.17. The van der Waals surface area contributed by atoms with Crippen LogP contribution in [-0.2, 0) is 17.8 Å². The van der Waals surface area contributed by atoms with Gasteiger partial charge in [0, 0.05) is 11.6 Å². The third-order valence-corrected chi connectivity index (χ3v) is 4.87. The highest BCUT2D eigenvalue weighted by Crippen LogP contribution is 2.18. The predicted molar refractivity (Wildman–Crippen MR) is 115 cm³/mol. The molecule has 1 amide bonds. The Bertz CT molecular complexity index is 944. The molecular formula is C25H26FNO3. The van der Waals surface area contributed by atoms with Crippen LogP contribution in [0.5, 0.6) is 5.75 Å². The summed E-state index contributed by atoms with van der Waals surface area (Å²) in [5.74, 6) is -0.392. The average Bonchev–Trinajstić information content (AvgIpc) is 2.77. The number of benzene rings is 3. The largest absolute Gasteiger partial charge is 0.489 e. The lowest BCUT2D eigenvalue weighted by atomic mass is 10.0. The maximum absolute atomic E-state index is 13.7. The Morgan fingerprint density at radius 1 is 0.967 bits per heavy atom. The second-order valence-electron chi connectivity index (χ2n) is 7.29. The standard InChI is InChI=1S/C25H26FNO3/c1-18(27-25(29)24(28)22-9-5-6-10-23(22)26)11-12-19-13-15-21(16-14-19)30-17-20-7-3-2-4-8-20/h2-10,13-16,18,24,28H,11-12,17H2,1H3,(H,27,29)/t18-,24-/m1/s1. The van der Waals surface area contributed by atoms with Crippen molar-refractivity contribution in [3.63, 3.8) is 0 Å². The summed E-state index contributed by atoms with van der Waals surface area (Å²) < 4.78 is 19.5. The first-order chi connectivity index (χ1) is 14.5. The van der Waals surface area contributed by atoms with Gasteiger partial charge in [0.2, 0.25) is 0 Å². The number of aliphatic hydroxyl groups is 1. The van der Waals surface area contributed by atoms with E-state index in [0.717, 1.165) is 23.3 Å². The van der Waals surface area contributed by atoms with Crippen molar-refractivity contribution in [2.45, 2.75) is 38.5 Å². The summed E-state index contributed by atoms with van der Waals surface area (Å²) >= 11 is 0. The summed E-state index contributed by atoms with van der Waals surface area (Å²) in [7, 11) is 0. The summed E-state index contributed by atoms with van der Waals surface area (Å²) in [5.41, 5.74) is 2.22. The number of aliphatic hydroxyl groups excluding tert-OH is 1. The molecule has 0 radical (unpaired) electrons. The number of hydrogen-bond donors (Lipinski definition) is 2. The first-order valence-electron chi connectivity index (χ1n) is 10.0. The Morgan fingerprint density at radius 3 is 2.33 bits per heavy atom. The van der Waals surface area contributed by atoms with Crippen molar-refractivity contribution in [1.29, 1.82) is 0 Å². The van der Waals surface area contributed by atoms with E-state index in [1.165, 1.54) is 18.2 Å². The van der Waals surface area contributed by atoms with Crippen molar-refractivity contribution in [2.24, 2.45) is 0 Å². The summed E-state index contributed by atoms with van der Waals surface area (Å²) in [6, 6.07) is 23.4. The van der Waals surface area contributed by atoms with Crippen LogP contribution in [0.2, 0.25) is 0 Å². The Balaban J connectivity index is 1.44. The summed E-state index contributed by atoms with van der Waals surface area (Å²) in [6.07, 6.45) is -0.0643. The number of halogens is 1. The van der Waals surface area contributed by atoms with Gasteiger partial charge in [0.05, 0.1) is 0 Å². The van der Waals surface area contributed by atoms with Crippen molar-refractivity contribution in [3.05, 3.63) is 101 Å². The van der Waals surface area contributed by atoms with E-state index in [4.69, 9.17) is 4.74 Å². The van der Waals surface area contributed by atoms with E-state index in [1.807, 2.05) is 61.5 Å². The highest BCUT2D eigenvalue weighted by molar-refractivity contribution is 5.82. The number of ether oxygens (including phenoxy) is 1. The fraction of sp³-hybridized carbons (Fsp3) is 0.240. The minimum Gasteiger partial charge on any atom is -0.489 e. The molecule has 0 saturated heterocycles. The maximum Gasteiger partial charge on any atom is 0.253 e. The number of aryl methyl sites for hydroxylation is 1. The quantitative estimate of drug-likeness (QED) is 0.546. The van der Waals surface area contributed by atoms with E-state index in [1.54, 1.807) is 6.07 Å². The number of hydrogen-bond acceptors (Lipinski definition) is 3. The summed E-state index contributed by atoms with van der Waals surface area (Å²) in [5, 5.41) is 12.8. The molecule has 3 aromatic carbocycles. The Labute approximate surface area is 176 Å². The molecule has 30 heavy (non-hydrogen) atoms. The molecule has 156 valence electrons. The predicted octanol–water partition coefficient (Wildman–Crippen LogP) is 4.58. The fourth-order valence-corrected chi connectivity index (χ4v) is 3.11. The molecule has 2 N–H and O–H groups in total. The number of rotatable bonds is 9. The van der Waals surface area contributed by atoms with Crippen LogP contribution in [0, 0.1) is 5.82 Å². The molecule has 0 aliphatic carbocycles. The number of amides is 1. The smallest absolute Gasteiger partial charge is 0.253 e. The van der Waals surface area contributed by atoms with Gasteiger partial charge >= 0.3 is 0 Å². The van der Waals surface area contributed by atoms with Gasteiger partial charge in [-0.2, -0.15) is 0 Å². The topological polar surface area (TPSA) is 58.6 Å². The summed E-state index contributed by atoms with van der Waals surface area (Å²) in [6.45, 7) is 2.39. The van der Waals surface area contributed by atoms with Gasteiger partial charge in [0.15, 0.2) is 6.10 Å². The van der Waals surface area contributed by atoms with Gasteiger partial charge in [-0.05, 0) is 49.1 Å². The van der Waals surface area contributed by atoms with Gasteiger partial charge in [-0.1, -0.05) is 60.7 Å². The zero-order valence-electron chi connectivity index (χ0n) is 16.9. The maximum atomic E-state index is 13.7. The molecule has 0 saturated carbocycles. The van der Waals surface area contributed by atoms with Crippen LogP contribution in [0.25, 0.3) is 0 Å². The van der Waals surface area contributed by atoms with Crippen molar-refractivity contribution in [3.8, 4) is 5.75 Å². The van der Waals surface area contributed by atoms with Gasteiger partial charge < -0.3 is 15.2 Å². The molecule has 2 atom stereocenters. The van der Waals surface area contributed by atoms with Gasteiger partial charge in [-0.25, -0.2) is 4.39 Å². The molecule has 4 nitrogen and oxygen atoms in total. The lowest BCUT2D eigenvalue weighted by Crippen LogP contribution is -2.36. The van der Waals surface area contributed by atoms with Crippen molar-refractivity contribution in [2.75, 3.05) is 0 Å². The molecule has 0 unspecified atom stereocenters. The molecule has 5 heteroatoms. The van der Waals surface area contributed by atoms with E-state index >= 15 is 0 Å². The van der Waals surface area contributed by atoms with E-state index < -0.39 is 17.8 Å². The normalized spacial score (nSPS) is 12.8. The molecule has 3 rings (SSSR count). The van der Waals surface area contributed by atoms with Crippen molar-refractivity contribution >= 4 is 5.91 Å². The second-order valence-corrected chi connectivity index (χ2v) is 7.29. The number of nitrogens with one attached hydrogen (secondary N) is 1. The SMILES string of the molecule is C[C@H](CCc1ccc(OCc2ccccc2)cc1)NC(=O)[C@H](O)c1ccccc1F. The molecule has 0 aliphatic rings. The Kier molecular flexibility index (Phi) is 7.57. The fourth-order valence-electron chi connectivity index (χ4n) is 3.11. The van der Waals surface area contributed by atoms with Gasteiger partial charge in [0.1, 0.15) is 18.2 Å². The highest BCUT2D eigenvalue weighted by atomic mass is 19.1. The third kappa shape index (κ3) is 6.16.